The van der Waals surface area contributed by atoms with Crippen LogP contribution in [0, 0.1) is 17.5 Å². The Morgan fingerprint density at radius 3 is 2.52 bits per heavy atom. The van der Waals surface area contributed by atoms with Crippen molar-refractivity contribution in [2.75, 3.05) is 17.2 Å². The highest BCUT2D eigenvalue weighted by molar-refractivity contribution is 6.08. The SMILES string of the molecule is CCNc1c(F)cccc1C(=O)Nc1ccc(F)cc1F. The largest absolute Gasteiger partial charge is 0.382 e. The molecule has 0 atom stereocenters. The molecule has 0 aliphatic heterocycles. The lowest BCUT2D eigenvalue weighted by Gasteiger charge is -2.12. The van der Waals surface area contributed by atoms with Crippen LogP contribution in [0.5, 0.6) is 0 Å². The van der Waals surface area contributed by atoms with Crippen molar-refractivity contribution in [1.29, 1.82) is 0 Å². The highest BCUT2D eigenvalue weighted by Crippen LogP contribution is 2.22. The van der Waals surface area contributed by atoms with Crippen LogP contribution in [0.4, 0.5) is 24.5 Å². The number of halogens is 3. The molecule has 0 unspecified atom stereocenters. The van der Waals surface area contributed by atoms with E-state index in [0.29, 0.717) is 12.6 Å². The third-order valence-electron chi connectivity index (χ3n) is 2.79. The molecule has 2 rings (SSSR count). The zero-order valence-electron chi connectivity index (χ0n) is 11.2. The van der Waals surface area contributed by atoms with Crippen LogP contribution in [0.2, 0.25) is 0 Å². The lowest BCUT2D eigenvalue weighted by Crippen LogP contribution is -2.16. The summed E-state index contributed by atoms with van der Waals surface area (Å²) in [4.78, 5) is 12.1. The molecule has 6 heteroatoms. The Balaban J connectivity index is 2.30. The molecule has 0 aliphatic rings. The first kappa shape index (κ1) is 14.9. The molecule has 0 bridgehead atoms. The van der Waals surface area contributed by atoms with E-state index in [0.717, 1.165) is 12.1 Å². The van der Waals surface area contributed by atoms with Gasteiger partial charge in [0.05, 0.1) is 16.9 Å². The molecule has 1 amide bonds. The van der Waals surface area contributed by atoms with Gasteiger partial charge in [-0.1, -0.05) is 6.07 Å². The fourth-order valence-electron chi connectivity index (χ4n) is 1.85. The number of para-hydroxylation sites is 1. The second kappa shape index (κ2) is 6.30. The maximum atomic E-state index is 13.7. The van der Waals surface area contributed by atoms with Crippen molar-refractivity contribution in [2.45, 2.75) is 6.92 Å². The number of amides is 1. The second-order valence-corrected chi connectivity index (χ2v) is 4.27. The van der Waals surface area contributed by atoms with Gasteiger partial charge in [0.1, 0.15) is 17.5 Å². The van der Waals surface area contributed by atoms with Gasteiger partial charge in [-0.15, -0.1) is 0 Å². The maximum absolute atomic E-state index is 13.7. The molecule has 110 valence electrons. The fourth-order valence-corrected chi connectivity index (χ4v) is 1.85. The van der Waals surface area contributed by atoms with Gasteiger partial charge in [0.2, 0.25) is 0 Å². The Kier molecular flexibility index (Phi) is 4.47. The fraction of sp³-hybridized carbons (Fsp3) is 0.133. The van der Waals surface area contributed by atoms with Gasteiger partial charge in [0, 0.05) is 12.6 Å². The van der Waals surface area contributed by atoms with Crippen LogP contribution < -0.4 is 10.6 Å². The predicted molar refractivity (Wildman–Crippen MR) is 74.9 cm³/mol. The minimum atomic E-state index is -0.898. The van der Waals surface area contributed by atoms with Crippen molar-refractivity contribution in [3.8, 4) is 0 Å². The maximum Gasteiger partial charge on any atom is 0.257 e. The molecule has 0 radical (unpaired) electrons. The molecule has 0 heterocycles. The van der Waals surface area contributed by atoms with Gasteiger partial charge in [0.15, 0.2) is 0 Å². The van der Waals surface area contributed by atoms with Crippen LogP contribution in [-0.2, 0) is 0 Å². The van der Waals surface area contributed by atoms with Crippen LogP contribution in [0.25, 0.3) is 0 Å². The molecule has 21 heavy (non-hydrogen) atoms. The first-order valence-electron chi connectivity index (χ1n) is 6.31. The van der Waals surface area contributed by atoms with E-state index < -0.39 is 23.4 Å². The normalized spacial score (nSPS) is 10.3. The van der Waals surface area contributed by atoms with Crippen LogP contribution in [0.15, 0.2) is 36.4 Å². The number of anilines is 2. The van der Waals surface area contributed by atoms with E-state index in [-0.39, 0.29) is 16.9 Å². The molecule has 3 nitrogen and oxygen atoms in total. The molecular weight excluding hydrogens is 281 g/mol. The lowest BCUT2D eigenvalue weighted by molar-refractivity contribution is 0.102. The summed E-state index contributed by atoms with van der Waals surface area (Å²) in [5.74, 6) is -2.91. The molecule has 0 saturated heterocycles. The Morgan fingerprint density at radius 2 is 1.86 bits per heavy atom. The summed E-state index contributed by atoms with van der Waals surface area (Å²) in [6.45, 7) is 2.18. The van der Waals surface area contributed by atoms with Crippen molar-refractivity contribution in [3.63, 3.8) is 0 Å². The van der Waals surface area contributed by atoms with E-state index in [1.807, 2.05) is 0 Å². The molecule has 0 fully saturated rings. The number of carbonyl (C=O) groups is 1. The van der Waals surface area contributed by atoms with Crippen LogP contribution in [0.3, 0.4) is 0 Å². The summed E-state index contributed by atoms with van der Waals surface area (Å²) in [6.07, 6.45) is 0. The van der Waals surface area contributed by atoms with Crippen molar-refractivity contribution < 1.29 is 18.0 Å². The zero-order chi connectivity index (χ0) is 15.4. The number of carbonyl (C=O) groups excluding carboxylic acids is 1. The van der Waals surface area contributed by atoms with Gasteiger partial charge in [-0.25, -0.2) is 13.2 Å². The topological polar surface area (TPSA) is 41.1 Å². The van der Waals surface area contributed by atoms with Gasteiger partial charge < -0.3 is 10.6 Å². The van der Waals surface area contributed by atoms with Crippen molar-refractivity contribution >= 4 is 17.3 Å². The zero-order valence-corrected chi connectivity index (χ0v) is 11.2. The number of benzene rings is 2. The number of hydrogen-bond acceptors (Lipinski definition) is 2. The van der Waals surface area contributed by atoms with Gasteiger partial charge in [-0.2, -0.15) is 0 Å². The predicted octanol–water partition coefficient (Wildman–Crippen LogP) is 3.79. The first-order chi connectivity index (χ1) is 10.0. The first-order valence-corrected chi connectivity index (χ1v) is 6.31. The van der Waals surface area contributed by atoms with E-state index in [9.17, 15) is 18.0 Å². The molecule has 0 spiro atoms. The summed E-state index contributed by atoms with van der Waals surface area (Å²) in [5, 5.41) is 5.04. The molecule has 0 aliphatic carbocycles. The number of nitrogens with one attached hydrogen (secondary N) is 2. The van der Waals surface area contributed by atoms with E-state index >= 15 is 0 Å². The van der Waals surface area contributed by atoms with Crippen molar-refractivity contribution in [3.05, 3.63) is 59.4 Å². The van der Waals surface area contributed by atoms with Gasteiger partial charge in [0.25, 0.3) is 5.91 Å². The van der Waals surface area contributed by atoms with Gasteiger partial charge in [-0.3, -0.25) is 4.79 Å². The Labute approximate surface area is 119 Å². The minimum absolute atomic E-state index is 0.0417. The summed E-state index contributed by atoms with van der Waals surface area (Å²) in [5.41, 5.74) is -0.0892. The third kappa shape index (κ3) is 3.34. The molecule has 2 aromatic carbocycles. The van der Waals surface area contributed by atoms with Crippen molar-refractivity contribution in [1.82, 2.24) is 0 Å². The van der Waals surface area contributed by atoms with Crippen LogP contribution in [0.1, 0.15) is 17.3 Å². The summed E-state index contributed by atoms with van der Waals surface area (Å²) >= 11 is 0. The molecular formula is C15H13F3N2O. The van der Waals surface area contributed by atoms with Crippen LogP contribution >= 0.6 is 0 Å². The van der Waals surface area contributed by atoms with E-state index in [1.54, 1.807) is 6.92 Å². The minimum Gasteiger partial charge on any atom is -0.382 e. The Hall–Kier alpha value is -2.50. The molecule has 0 saturated carbocycles. The van der Waals surface area contributed by atoms with Gasteiger partial charge in [-0.05, 0) is 31.2 Å². The Bertz CT molecular complexity index is 674. The smallest absolute Gasteiger partial charge is 0.257 e. The Morgan fingerprint density at radius 1 is 1.10 bits per heavy atom. The summed E-state index contributed by atoms with van der Waals surface area (Å²) in [7, 11) is 0. The monoisotopic (exact) mass is 294 g/mol. The average molecular weight is 294 g/mol. The number of hydrogen-bond donors (Lipinski definition) is 2. The summed E-state index contributed by atoms with van der Waals surface area (Å²) in [6, 6.07) is 6.80. The highest BCUT2D eigenvalue weighted by Gasteiger charge is 2.16. The molecule has 2 aromatic rings. The van der Waals surface area contributed by atoms with E-state index in [1.165, 1.54) is 18.2 Å². The lowest BCUT2D eigenvalue weighted by atomic mass is 10.1. The quantitative estimate of drug-likeness (QED) is 0.900. The molecule has 2 N–H and O–H groups in total. The van der Waals surface area contributed by atoms with E-state index in [2.05, 4.69) is 10.6 Å². The standard InChI is InChI=1S/C15H13F3N2O/c1-2-19-14-10(4-3-5-11(14)17)15(21)20-13-7-6-9(16)8-12(13)18/h3-8,19H,2H2,1H3,(H,20,21). The molecule has 0 aromatic heterocycles. The second-order valence-electron chi connectivity index (χ2n) is 4.27. The van der Waals surface area contributed by atoms with E-state index in [4.69, 9.17) is 0 Å². The van der Waals surface area contributed by atoms with Crippen molar-refractivity contribution in [2.24, 2.45) is 0 Å². The third-order valence-corrected chi connectivity index (χ3v) is 2.79. The number of rotatable bonds is 4. The van der Waals surface area contributed by atoms with Gasteiger partial charge >= 0.3 is 0 Å². The highest BCUT2D eigenvalue weighted by atomic mass is 19.1. The average Bonchev–Trinajstić information content (AvgIpc) is 2.44. The summed E-state index contributed by atoms with van der Waals surface area (Å²) < 4.78 is 40.0. The van der Waals surface area contributed by atoms with Crippen LogP contribution in [-0.4, -0.2) is 12.5 Å².